The first-order valence-corrected chi connectivity index (χ1v) is 22.6. The van der Waals surface area contributed by atoms with E-state index in [4.69, 9.17) is 12.5 Å². The monoisotopic (exact) mass is 929 g/mol. The summed E-state index contributed by atoms with van der Waals surface area (Å²) < 4.78 is 103. The van der Waals surface area contributed by atoms with Crippen LogP contribution in [0.15, 0.2) is 148 Å². The predicted octanol–water partition coefficient (Wildman–Crippen LogP) is 9.25. The largest absolute Gasteiger partial charge is 0.501 e. The molecule has 0 heterocycles. The highest BCUT2D eigenvalue weighted by Gasteiger charge is 2.34. The molecule has 3 N–H and O–H groups in total. The zero-order valence-corrected chi connectivity index (χ0v) is 35.0. The lowest BCUT2D eigenvalue weighted by molar-refractivity contribution is 0.103. The number of hydrogen-bond acceptors (Lipinski definition) is 16. The molecule has 0 saturated carbocycles. The molecule has 0 aliphatic carbocycles. The van der Waals surface area contributed by atoms with Crippen molar-refractivity contribution in [3.8, 4) is 34.5 Å². The summed E-state index contributed by atoms with van der Waals surface area (Å²) in [5.74, 6) is -5.83. The zero-order valence-electron chi connectivity index (χ0n) is 32.5. The molecule has 0 aliphatic heterocycles. The van der Waals surface area contributed by atoms with Crippen LogP contribution in [0.25, 0.3) is 47.2 Å². The van der Waals surface area contributed by atoms with E-state index in [9.17, 15) is 61.5 Å². The highest BCUT2D eigenvalue weighted by atomic mass is 32.2. The number of carbonyl (C=O) groups is 1. The molecule has 0 aliphatic rings. The van der Waals surface area contributed by atoms with Crippen LogP contribution in [0, 0.1) is 16.2 Å². The lowest BCUT2D eigenvalue weighted by Crippen LogP contribution is -2.18. The van der Waals surface area contributed by atoms with Crippen LogP contribution in [0.2, 0.25) is 0 Å². The molecule has 0 saturated heterocycles. The van der Waals surface area contributed by atoms with Gasteiger partial charge >= 0.3 is 47.4 Å². The standard InChI is InChI=1S/C43H22N6O13S3/c44-47-31-18-15-25-28(41(31)51)9-4-12-36(25)63(54,55)60-24-21-34(61-64(56,57)37-13-5-10-29-26(37)16-19-32(48-45)42(29)52)39(40(50)23-7-2-1-3-8-23)35(22-24)62-65(58,59)38-14-6-11-30-27(38)17-20-33(49-46)43(30)53/h1-22H/p+3. The number of ketones is 1. The van der Waals surface area contributed by atoms with Crippen LogP contribution in [-0.2, 0) is 30.4 Å². The van der Waals surface area contributed by atoms with Gasteiger partial charge < -0.3 is 27.9 Å². The van der Waals surface area contributed by atoms with Crippen molar-refractivity contribution in [1.82, 2.24) is 0 Å². The van der Waals surface area contributed by atoms with E-state index in [-0.39, 0.29) is 54.9 Å². The fourth-order valence-corrected chi connectivity index (χ4v) is 10.4. The van der Waals surface area contributed by atoms with Crippen LogP contribution in [0.3, 0.4) is 0 Å². The number of phenolic OH excluding ortho intramolecular Hbond substituents is 3. The molecule has 8 aromatic carbocycles. The minimum absolute atomic E-state index is 0.0965. The number of benzene rings is 8. The second-order valence-electron chi connectivity index (χ2n) is 13.8. The average molecular weight is 930 g/mol. The fraction of sp³-hybridized carbons (Fsp3) is 0. The van der Waals surface area contributed by atoms with Crippen molar-refractivity contribution in [2.45, 2.75) is 14.7 Å². The van der Waals surface area contributed by atoms with Crippen molar-refractivity contribution in [3.63, 3.8) is 0 Å². The van der Waals surface area contributed by atoms with Gasteiger partial charge in [-0.25, -0.2) is 0 Å². The Balaban J connectivity index is 1.37. The third-order valence-electron chi connectivity index (χ3n) is 9.95. The minimum Gasteiger partial charge on any atom is -0.501 e. The lowest BCUT2D eigenvalue weighted by Gasteiger charge is -2.18. The molecule has 0 fully saturated rings. The highest BCUT2D eigenvalue weighted by molar-refractivity contribution is 7.88. The van der Waals surface area contributed by atoms with Gasteiger partial charge in [-0.15, -0.1) is 0 Å². The molecule has 19 nitrogen and oxygen atoms in total. The summed E-state index contributed by atoms with van der Waals surface area (Å²) in [6.45, 7) is 0. The summed E-state index contributed by atoms with van der Waals surface area (Å²) >= 11 is 0. The van der Waals surface area contributed by atoms with Crippen molar-refractivity contribution in [3.05, 3.63) is 160 Å². The molecule has 0 bridgehead atoms. The number of phenols is 3. The van der Waals surface area contributed by atoms with Crippen LogP contribution in [0.1, 0.15) is 15.9 Å². The second kappa shape index (κ2) is 16.1. The van der Waals surface area contributed by atoms with Gasteiger partial charge in [0.15, 0.2) is 32.2 Å². The van der Waals surface area contributed by atoms with E-state index in [1.165, 1.54) is 78.9 Å². The molecule has 0 radical (unpaired) electrons. The molecular weight excluding hydrogens is 905 g/mol. The molecule has 65 heavy (non-hydrogen) atoms. The van der Waals surface area contributed by atoms with Crippen LogP contribution < -0.4 is 12.5 Å². The Morgan fingerprint density at radius 1 is 0.431 bits per heavy atom. The van der Waals surface area contributed by atoms with Crippen molar-refractivity contribution < 1.29 is 57.9 Å². The third-order valence-corrected chi connectivity index (χ3v) is 13.8. The van der Waals surface area contributed by atoms with Crippen molar-refractivity contribution in [2.75, 3.05) is 0 Å². The van der Waals surface area contributed by atoms with E-state index < -0.39 is 90.9 Å². The highest BCUT2D eigenvalue weighted by Crippen LogP contribution is 2.44. The Bertz CT molecular complexity index is 3690. The van der Waals surface area contributed by atoms with Gasteiger partial charge in [-0.1, -0.05) is 66.7 Å². The summed E-state index contributed by atoms with van der Waals surface area (Å²) in [6, 6.07) is 26.0. The van der Waals surface area contributed by atoms with Crippen LogP contribution in [-0.4, -0.2) is 46.4 Å². The smallest absolute Gasteiger partial charge is 0.426 e. The summed E-state index contributed by atoms with van der Waals surface area (Å²) in [5.41, 5.74) is -1.96. The Morgan fingerprint density at radius 3 is 1.14 bits per heavy atom. The molecule has 0 amide bonds. The van der Waals surface area contributed by atoms with Gasteiger partial charge in [-0.2, -0.15) is 25.3 Å². The number of fused-ring (bicyclic) bond motifs is 3. The molecule has 8 rings (SSSR count). The second-order valence-corrected chi connectivity index (χ2v) is 18.3. The molecule has 22 heteroatoms. The van der Waals surface area contributed by atoms with Gasteiger partial charge in [0.05, 0.1) is 0 Å². The van der Waals surface area contributed by atoms with Crippen LogP contribution >= 0.6 is 0 Å². The Morgan fingerprint density at radius 2 is 0.785 bits per heavy atom. The molecule has 8 aromatic rings. The average Bonchev–Trinajstić information content (AvgIpc) is 3.28. The first kappa shape index (κ1) is 42.8. The van der Waals surface area contributed by atoms with Gasteiger partial charge in [0, 0.05) is 68.2 Å². The van der Waals surface area contributed by atoms with Gasteiger partial charge in [0.25, 0.3) is 0 Å². The van der Waals surface area contributed by atoms with E-state index in [2.05, 4.69) is 14.9 Å². The number of hydrogen-bond donors (Lipinski definition) is 3. The van der Waals surface area contributed by atoms with Gasteiger partial charge in [0.2, 0.25) is 39.2 Å². The predicted molar refractivity (Wildman–Crippen MR) is 231 cm³/mol. The number of rotatable bonds is 11. The number of aromatic hydroxyl groups is 3. The van der Waals surface area contributed by atoms with Crippen LogP contribution in [0.4, 0.5) is 17.1 Å². The molecule has 0 unspecified atom stereocenters. The van der Waals surface area contributed by atoms with Gasteiger partial charge in [0.1, 0.15) is 20.2 Å². The Hall–Kier alpha value is -8.88. The maximum atomic E-state index is 14.5. The van der Waals surface area contributed by atoms with Crippen LogP contribution in [0.5, 0.6) is 34.5 Å². The quantitative estimate of drug-likeness (QED) is 0.0618. The minimum atomic E-state index is -5.20. The first-order valence-electron chi connectivity index (χ1n) is 18.4. The maximum Gasteiger partial charge on any atom is 0.426 e. The van der Waals surface area contributed by atoms with Gasteiger partial charge in [-0.05, 0) is 36.4 Å². The summed E-state index contributed by atoms with van der Waals surface area (Å²) in [4.78, 5) is 21.6. The summed E-state index contributed by atoms with van der Waals surface area (Å²) in [5, 5.41) is 59.3. The Kier molecular flexibility index (Phi) is 10.6. The number of diazo groups is 3. The number of carbonyl (C=O) groups excluding carboxylic acids is 1. The van der Waals surface area contributed by atoms with E-state index >= 15 is 0 Å². The summed E-state index contributed by atoms with van der Waals surface area (Å²) in [6.07, 6.45) is 0. The van der Waals surface area contributed by atoms with Crippen molar-refractivity contribution in [2.24, 2.45) is 0 Å². The molecular formula is C43H25N6O13S3+3. The van der Waals surface area contributed by atoms with Crippen molar-refractivity contribution in [1.29, 1.82) is 16.2 Å². The van der Waals surface area contributed by atoms with Crippen molar-refractivity contribution >= 4 is 85.5 Å². The van der Waals surface area contributed by atoms with E-state index in [1.807, 2.05) is 0 Å². The summed E-state index contributed by atoms with van der Waals surface area (Å²) in [7, 11) is -15.5. The fourth-order valence-electron chi connectivity index (χ4n) is 7.00. The van der Waals surface area contributed by atoms with E-state index in [0.29, 0.717) is 12.1 Å². The first-order chi connectivity index (χ1) is 31.0. The molecule has 0 spiro atoms. The third kappa shape index (κ3) is 7.59. The number of nitrogens with zero attached hydrogens (tertiary/aromatic N) is 6. The van der Waals surface area contributed by atoms with E-state index in [0.717, 1.165) is 36.4 Å². The molecule has 0 aromatic heterocycles. The SMILES string of the molecule is N#[N+]c1ccc2c(S(=O)(=O)Oc3cc(OS(=O)(=O)c4cccc5c(O)c([N+]#N)ccc45)c(C(=O)c4ccccc4)c(OS(=O)(=O)c4cccc5c(O)c([N+]#N)ccc45)c3)cccc2c1O. The maximum absolute atomic E-state index is 14.5. The Labute approximate surface area is 366 Å². The lowest BCUT2D eigenvalue weighted by atomic mass is 10.0. The normalized spacial score (nSPS) is 11.6. The molecule has 0 atom stereocenters. The van der Waals surface area contributed by atoms with E-state index in [1.54, 1.807) is 6.07 Å². The molecule has 320 valence electrons. The topological polar surface area (TPSA) is 292 Å². The zero-order chi connectivity index (χ0) is 46.4. The van der Waals surface area contributed by atoms with Gasteiger partial charge in [-0.3, -0.25) is 4.79 Å².